The fourth-order valence-corrected chi connectivity index (χ4v) is 4.54. The van der Waals surface area contributed by atoms with Gasteiger partial charge < -0.3 is 5.11 Å². The first-order valence-electron chi connectivity index (χ1n) is 10.7. The minimum atomic E-state index is -0.218. The van der Waals surface area contributed by atoms with E-state index in [0.717, 1.165) is 63.3 Å². The maximum absolute atomic E-state index is 9.81. The zero-order valence-electron chi connectivity index (χ0n) is 17.2. The third-order valence-electron chi connectivity index (χ3n) is 6.28. The molecule has 0 amide bonds. The predicted molar refractivity (Wildman–Crippen MR) is 122 cm³/mol. The first-order valence-corrected chi connectivity index (χ1v) is 10.7. The summed E-state index contributed by atoms with van der Waals surface area (Å²) < 4.78 is 2.15. The first kappa shape index (κ1) is 18.2. The van der Waals surface area contributed by atoms with Crippen molar-refractivity contribution in [2.45, 2.75) is 31.8 Å². The van der Waals surface area contributed by atoms with E-state index in [1.807, 2.05) is 37.5 Å². The monoisotopic (exact) mass is 406 g/mol. The lowest BCUT2D eigenvalue weighted by Crippen LogP contribution is -2.27. The highest BCUT2D eigenvalue weighted by molar-refractivity contribution is 5.89. The molecule has 3 aromatic heterocycles. The average Bonchev–Trinajstić information content (AvgIpc) is 3.17. The van der Waals surface area contributed by atoms with Gasteiger partial charge in [0.05, 0.1) is 34.2 Å². The van der Waals surface area contributed by atoms with Crippen LogP contribution in [0.15, 0.2) is 73.1 Å². The van der Waals surface area contributed by atoms with Crippen LogP contribution in [0.5, 0.6) is 0 Å². The third-order valence-corrected chi connectivity index (χ3v) is 6.28. The van der Waals surface area contributed by atoms with Crippen molar-refractivity contribution in [3.8, 4) is 22.5 Å². The smallest absolute Gasteiger partial charge is 0.117 e. The van der Waals surface area contributed by atoms with Crippen LogP contribution in [-0.2, 0) is 0 Å². The fourth-order valence-electron chi connectivity index (χ4n) is 4.54. The number of imidazole rings is 1. The highest BCUT2D eigenvalue weighted by atomic mass is 16.3. The average molecular weight is 406 g/mol. The molecule has 0 atom stereocenters. The van der Waals surface area contributed by atoms with Crippen LogP contribution in [-0.4, -0.2) is 30.6 Å². The zero-order chi connectivity index (χ0) is 20.9. The zero-order valence-corrected chi connectivity index (χ0v) is 17.2. The van der Waals surface area contributed by atoms with E-state index in [2.05, 4.69) is 51.8 Å². The molecule has 0 bridgehead atoms. The van der Waals surface area contributed by atoms with Gasteiger partial charge in [0.2, 0.25) is 0 Å². The van der Waals surface area contributed by atoms with E-state index >= 15 is 0 Å². The molecule has 3 heterocycles. The summed E-state index contributed by atoms with van der Waals surface area (Å²) in [6.45, 7) is 2.02. The predicted octanol–water partition coefficient (Wildman–Crippen LogP) is 5.16. The molecule has 1 aliphatic rings. The van der Waals surface area contributed by atoms with Crippen LogP contribution in [0.1, 0.15) is 30.3 Å². The van der Waals surface area contributed by atoms with E-state index in [9.17, 15) is 5.11 Å². The Kier molecular flexibility index (Phi) is 4.11. The van der Waals surface area contributed by atoms with Gasteiger partial charge in [0.25, 0.3) is 0 Å². The number of hydrogen-bond acceptors (Lipinski definition) is 4. The molecule has 6 rings (SSSR count). The second kappa shape index (κ2) is 7.00. The van der Waals surface area contributed by atoms with E-state index in [1.54, 1.807) is 0 Å². The molecule has 5 nitrogen and oxygen atoms in total. The number of pyridine rings is 1. The third kappa shape index (κ3) is 3.01. The summed E-state index contributed by atoms with van der Waals surface area (Å²) in [5.41, 5.74) is 6.94. The Morgan fingerprint density at radius 1 is 0.935 bits per heavy atom. The fraction of sp³-hybridized carbons (Fsp3) is 0.192. The molecule has 2 aromatic carbocycles. The van der Waals surface area contributed by atoms with Crippen molar-refractivity contribution in [3.63, 3.8) is 0 Å². The molecule has 1 aliphatic carbocycles. The number of aliphatic hydroxyl groups excluding tert-OH is 1. The number of aromatic nitrogens is 4. The lowest BCUT2D eigenvalue weighted by Gasteiger charge is -2.30. The standard InChI is InChI=1S/C26H22N4O/c1-16-25-24(29-26(20-13-21(31)14-20)30(25)12-11-27-16)19-8-7-18-9-10-22(28-23(18)15-19)17-5-3-2-4-6-17/h2-12,15,20-21,31H,13-14H2,1H3. The van der Waals surface area contributed by atoms with Crippen LogP contribution in [0.25, 0.3) is 38.9 Å². The molecule has 0 aliphatic heterocycles. The van der Waals surface area contributed by atoms with Crippen LogP contribution in [0.3, 0.4) is 0 Å². The quantitative estimate of drug-likeness (QED) is 0.450. The van der Waals surface area contributed by atoms with Gasteiger partial charge in [0.1, 0.15) is 5.82 Å². The van der Waals surface area contributed by atoms with Crippen molar-refractivity contribution in [2.75, 3.05) is 0 Å². The Morgan fingerprint density at radius 3 is 2.55 bits per heavy atom. The van der Waals surface area contributed by atoms with Gasteiger partial charge in [-0.15, -0.1) is 0 Å². The Morgan fingerprint density at radius 2 is 1.74 bits per heavy atom. The summed E-state index contributed by atoms with van der Waals surface area (Å²) in [5, 5.41) is 10.9. The van der Waals surface area contributed by atoms with Crippen LogP contribution >= 0.6 is 0 Å². The number of nitrogens with zero attached hydrogens (tertiary/aromatic N) is 4. The van der Waals surface area contributed by atoms with Crippen LogP contribution in [0.2, 0.25) is 0 Å². The van der Waals surface area contributed by atoms with Crippen molar-refractivity contribution in [3.05, 3.63) is 84.6 Å². The van der Waals surface area contributed by atoms with Gasteiger partial charge in [-0.25, -0.2) is 9.97 Å². The Balaban J connectivity index is 1.51. The second-order valence-corrected chi connectivity index (χ2v) is 8.34. The molecule has 0 spiro atoms. The first-order chi connectivity index (χ1) is 15.2. The van der Waals surface area contributed by atoms with Gasteiger partial charge in [-0.05, 0) is 31.9 Å². The maximum atomic E-state index is 9.81. The summed E-state index contributed by atoms with van der Waals surface area (Å²) in [6.07, 6.45) is 5.11. The van der Waals surface area contributed by atoms with Gasteiger partial charge in [-0.3, -0.25) is 9.38 Å². The molecule has 5 heteroatoms. The summed E-state index contributed by atoms with van der Waals surface area (Å²) in [4.78, 5) is 14.5. The Bertz CT molecular complexity index is 1420. The number of aryl methyl sites for hydroxylation is 1. The van der Waals surface area contributed by atoms with Crippen molar-refractivity contribution in [2.24, 2.45) is 0 Å². The van der Waals surface area contributed by atoms with Crippen molar-refractivity contribution in [1.29, 1.82) is 0 Å². The van der Waals surface area contributed by atoms with E-state index in [4.69, 9.17) is 9.97 Å². The van der Waals surface area contributed by atoms with Gasteiger partial charge in [0.15, 0.2) is 0 Å². The molecule has 1 N–H and O–H groups in total. The molecule has 0 saturated heterocycles. The second-order valence-electron chi connectivity index (χ2n) is 8.34. The highest BCUT2D eigenvalue weighted by Crippen LogP contribution is 2.39. The topological polar surface area (TPSA) is 63.3 Å². The molecule has 1 fully saturated rings. The normalized spacial score (nSPS) is 18.4. The number of rotatable bonds is 3. The largest absolute Gasteiger partial charge is 0.393 e. The van der Waals surface area contributed by atoms with Crippen molar-refractivity contribution >= 4 is 16.4 Å². The molecule has 31 heavy (non-hydrogen) atoms. The minimum absolute atomic E-state index is 0.218. The molecule has 5 aromatic rings. The number of fused-ring (bicyclic) bond motifs is 2. The van der Waals surface area contributed by atoms with E-state index in [1.165, 1.54) is 0 Å². The van der Waals surface area contributed by atoms with E-state index < -0.39 is 0 Å². The SMILES string of the molecule is Cc1nccn2c(C3CC(O)C3)nc(-c3ccc4ccc(-c5ccccc5)nc4c3)c12. The summed E-state index contributed by atoms with van der Waals surface area (Å²) in [7, 11) is 0. The van der Waals surface area contributed by atoms with Gasteiger partial charge in [0, 0.05) is 34.8 Å². The lowest BCUT2D eigenvalue weighted by molar-refractivity contribution is 0.0715. The van der Waals surface area contributed by atoms with Crippen LogP contribution < -0.4 is 0 Å². The molecule has 152 valence electrons. The number of aliphatic hydroxyl groups is 1. The van der Waals surface area contributed by atoms with Gasteiger partial charge in [-0.1, -0.05) is 48.5 Å². The Labute approximate surface area is 180 Å². The highest BCUT2D eigenvalue weighted by Gasteiger charge is 2.33. The van der Waals surface area contributed by atoms with Crippen molar-refractivity contribution in [1.82, 2.24) is 19.4 Å². The molecule has 0 unspecified atom stereocenters. The molecular formula is C26H22N4O. The minimum Gasteiger partial charge on any atom is -0.393 e. The molecular weight excluding hydrogens is 384 g/mol. The molecule has 1 saturated carbocycles. The van der Waals surface area contributed by atoms with Crippen LogP contribution in [0.4, 0.5) is 0 Å². The van der Waals surface area contributed by atoms with Gasteiger partial charge in [-0.2, -0.15) is 0 Å². The maximum Gasteiger partial charge on any atom is 0.117 e. The lowest BCUT2D eigenvalue weighted by atomic mass is 9.82. The number of benzene rings is 2. The van der Waals surface area contributed by atoms with E-state index in [0.29, 0.717) is 0 Å². The molecule has 0 radical (unpaired) electrons. The number of hydrogen-bond donors (Lipinski definition) is 1. The van der Waals surface area contributed by atoms with Crippen molar-refractivity contribution < 1.29 is 5.11 Å². The summed E-state index contributed by atoms with van der Waals surface area (Å²) in [5.74, 6) is 1.29. The summed E-state index contributed by atoms with van der Waals surface area (Å²) in [6, 6.07) is 20.8. The Hall–Kier alpha value is -3.57. The van der Waals surface area contributed by atoms with E-state index in [-0.39, 0.29) is 12.0 Å². The van der Waals surface area contributed by atoms with Crippen LogP contribution in [0, 0.1) is 6.92 Å². The van der Waals surface area contributed by atoms with Gasteiger partial charge >= 0.3 is 0 Å². The summed E-state index contributed by atoms with van der Waals surface area (Å²) >= 11 is 0.